The summed E-state index contributed by atoms with van der Waals surface area (Å²) in [6, 6.07) is 31.1. The van der Waals surface area contributed by atoms with Crippen molar-refractivity contribution in [2.45, 2.75) is 6.92 Å². The standard InChI is InChI=1S/C30H24N8O/c1-19-12-13-22(29-34-35-36-37(29)2)18-26(19)38(23-16-14-21(15-17-23)28(31)39)30-32-25-11-7-6-10-24(25)27(33-30)20-8-4-3-5-9-20/h3-18H,1-2H3,(H2,31,39). The van der Waals surface area contributed by atoms with Crippen LogP contribution in [0.3, 0.4) is 0 Å². The molecule has 0 fully saturated rings. The first kappa shape index (κ1) is 23.9. The minimum atomic E-state index is -0.491. The van der Waals surface area contributed by atoms with E-state index >= 15 is 0 Å². The number of benzene rings is 4. The summed E-state index contributed by atoms with van der Waals surface area (Å²) in [6.07, 6.45) is 0. The molecule has 2 heterocycles. The minimum Gasteiger partial charge on any atom is -0.366 e. The Morgan fingerprint density at radius 2 is 1.59 bits per heavy atom. The molecule has 0 bridgehead atoms. The Hall–Kier alpha value is -5.44. The molecule has 39 heavy (non-hydrogen) atoms. The van der Waals surface area contributed by atoms with E-state index in [1.165, 1.54) is 0 Å². The largest absolute Gasteiger partial charge is 0.366 e. The zero-order chi connectivity index (χ0) is 26.9. The molecule has 0 atom stereocenters. The van der Waals surface area contributed by atoms with Gasteiger partial charge in [0.25, 0.3) is 0 Å². The molecule has 190 valence electrons. The number of aromatic nitrogens is 6. The second-order valence-electron chi connectivity index (χ2n) is 9.13. The molecular formula is C30H24N8O. The Balaban J connectivity index is 1.62. The average molecular weight is 513 g/mol. The number of aryl methyl sites for hydroxylation is 2. The fourth-order valence-electron chi connectivity index (χ4n) is 4.58. The predicted molar refractivity (Wildman–Crippen MR) is 151 cm³/mol. The Labute approximate surface area is 224 Å². The Morgan fingerprint density at radius 1 is 0.846 bits per heavy atom. The number of para-hydroxylation sites is 1. The number of fused-ring (bicyclic) bond motifs is 1. The summed E-state index contributed by atoms with van der Waals surface area (Å²) in [4.78, 5) is 23.9. The maximum Gasteiger partial charge on any atom is 0.248 e. The lowest BCUT2D eigenvalue weighted by molar-refractivity contribution is 0.100. The molecule has 0 spiro atoms. The second kappa shape index (κ2) is 9.79. The topological polar surface area (TPSA) is 116 Å². The van der Waals surface area contributed by atoms with Crippen LogP contribution in [0, 0.1) is 6.92 Å². The lowest BCUT2D eigenvalue weighted by Gasteiger charge is -2.26. The molecule has 1 amide bonds. The summed E-state index contributed by atoms with van der Waals surface area (Å²) in [7, 11) is 1.80. The van der Waals surface area contributed by atoms with Crippen molar-refractivity contribution in [3.8, 4) is 22.6 Å². The van der Waals surface area contributed by atoms with Gasteiger partial charge in [-0.25, -0.2) is 14.6 Å². The number of amides is 1. The van der Waals surface area contributed by atoms with Gasteiger partial charge in [-0.1, -0.05) is 60.7 Å². The summed E-state index contributed by atoms with van der Waals surface area (Å²) in [5.41, 5.74) is 12.0. The summed E-state index contributed by atoms with van der Waals surface area (Å²) in [5, 5.41) is 12.9. The molecule has 6 aromatic rings. The summed E-state index contributed by atoms with van der Waals surface area (Å²) >= 11 is 0. The molecule has 9 heteroatoms. The molecule has 0 saturated carbocycles. The Morgan fingerprint density at radius 3 is 2.31 bits per heavy atom. The van der Waals surface area contributed by atoms with Crippen LogP contribution in [-0.4, -0.2) is 36.1 Å². The molecule has 0 unspecified atom stereocenters. The molecule has 0 aliphatic carbocycles. The molecule has 0 radical (unpaired) electrons. The maximum atomic E-state index is 11.8. The number of nitrogens with two attached hydrogens (primary N) is 1. The fraction of sp³-hybridized carbons (Fsp3) is 0.0667. The van der Waals surface area contributed by atoms with E-state index in [-0.39, 0.29) is 0 Å². The average Bonchev–Trinajstić information content (AvgIpc) is 3.40. The Bertz CT molecular complexity index is 1810. The van der Waals surface area contributed by atoms with E-state index in [9.17, 15) is 4.79 Å². The van der Waals surface area contributed by atoms with Gasteiger partial charge in [0.05, 0.1) is 16.9 Å². The monoisotopic (exact) mass is 512 g/mol. The molecule has 0 saturated heterocycles. The molecular weight excluding hydrogens is 488 g/mol. The number of hydrogen-bond donors (Lipinski definition) is 1. The number of anilines is 3. The third-order valence-electron chi connectivity index (χ3n) is 6.58. The van der Waals surface area contributed by atoms with Crippen molar-refractivity contribution in [2.75, 3.05) is 4.90 Å². The second-order valence-corrected chi connectivity index (χ2v) is 9.13. The van der Waals surface area contributed by atoms with Crippen molar-refractivity contribution in [3.63, 3.8) is 0 Å². The highest BCUT2D eigenvalue weighted by atomic mass is 16.1. The third kappa shape index (κ3) is 4.46. The highest BCUT2D eigenvalue weighted by Gasteiger charge is 2.22. The van der Waals surface area contributed by atoms with Crippen molar-refractivity contribution < 1.29 is 4.79 Å². The van der Waals surface area contributed by atoms with Crippen LogP contribution in [0.5, 0.6) is 0 Å². The van der Waals surface area contributed by atoms with Gasteiger partial charge in [0.15, 0.2) is 5.82 Å². The number of hydrogen-bond acceptors (Lipinski definition) is 7. The first-order valence-electron chi connectivity index (χ1n) is 12.3. The Kier molecular flexibility index (Phi) is 6.01. The SMILES string of the molecule is Cc1ccc(-c2nnnn2C)cc1N(c1ccc(C(N)=O)cc1)c1nc(-c2ccccc2)c2ccccc2n1. The zero-order valence-corrected chi connectivity index (χ0v) is 21.4. The molecule has 2 aromatic heterocycles. The lowest BCUT2D eigenvalue weighted by Crippen LogP contribution is -2.16. The van der Waals surface area contributed by atoms with E-state index in [1.807, 2.05) is 96.8 Å². The van der Waals surface area contributed by atoms with E-state index < -0.39 is 5.91 Å². The van der Waals surface area contributed by atoms with Crippen LogP contribution >= 0.6 is 0 Å². The number of rotatable bonds is 6. The highest BCUT2D eigenvalue weighted by molar-refractivity contribution is 5.95. The molecule has 9 nitrogen and oxygen atoms in total. The first-order chi connectivity index (χ1) is 19.0. The van der Waals surface area contributed by atoms with Crippen molar-refractivity contribution in [3.05, 3.63) is 108 Å². The van der Waals surface area contributed by atoms with Crippen LogP contribution < -0.4 is 10.6 Å². The number of carbonyl (C=O) groups excluding carboxylic acids is 1. The molecule has 6 rings (SSSR count). The quantitative estimate of drug-likeness (QED) is 0.319. The predicted octanol–water partition coefficient (Wildman–Crippen LogP) is 5.36. The summed E-state index contributed by atoms with van der Waals surface area (Å²) < 4.78 is 1.63. The van der Waals surface area contributed by atoms with Crippen LogP contribution in [0.25, 0.3) is 33.5 Å². The van der Waals surface area contributed by atoms with Gasteiger partial charge >= 0.3 is 0 Å². The number of carbonyl (C=O) groups is 1. The van der Waals surface area contributed by atoms with Crippen LogP contribution in [0.2, 0.25) is 0 Å². The van der Waals surface area contributed by atoms with Gasteiger partial charge in [-0.3, -0.25) is 9.69 Å². The van der Waals surface area contributed by atoms with Crippen LogP contribution in [0.1, 0.15) is 15.9 Å². The third-order valence-corrected chi connectivity index (χ3v) is 6.58. The smallest absolute Gasteiger partial charge is 0.248 e. The van der Waals surface area contributed by atoms with E-state index in [1.54, 1.807) is 23.9 Å². The minimum absolute atomic E-state index is 0.415. The van der Waals surface area contributed by atoms with E-state index in [0.717, 1.165) is 44.7 Å². The van der Waals surface area contributed by atoms with Crippen LogP contribution in [-0.2, 0) is 7.05 Å². The van der Waals surface area contributed by atoms with Crippen LogP contribution in [0.4, 0.5) is 17.3 Å². The van der Waals surface area contributed by atoms with Gasteiger partial charge < -0.3 is 5.73 Å². The summed E-state index contributed by atoms with van der Waals surface area (Å²) in [6.45, 7) is 2.03. The van der Waals surface area contributed by atoms with Crippen molar-refractivity contribution in [1.29, 1.82) is 0 Å². The fourth-order valence-corrected chi connectivity index (χ4v) is 4.58. The van der Waals surface area contributed by atoms with Gasteiger partial charge in [-0.2, -0.15) is 0 Å². The van der Waals surface area contributed by atoms with Crippen molar-refractivity contribution >= 4 is 34.1 Å². The summed E-state index contributed by atoms with van der Waals surface area (Å²) in [5.74, 6) is 0.620. The zero-order valence-electron chi connectivity index (χ0n) is 21.4. The van der Waals surface area contributed by atoms with Gasteiger partial charge in [0.2, 0.25) is 11.9 Å². The van der Waals surface area contributed by atoms with Gasteiger partial charge in [-0.15, -0.1) is 5.10 Å². The van der Waals surface area contributed by atoms with Crippen LogP contribution in [0.15, 0.2) is 97.1 Å². The first-order valence-corrected chi connectivity index (χ1v) is 12.3. The van der Waals surface area contributed by atoms with Gasteiger partial charge in [0.1, 0.15) is 0 Å². The molecule has 2 N–H and O–H groups in total. The number of tetrazole rings is 1. The van der Waals surface area contributed by atoms with E-state index in [0.29, 0.717) is 17.3 Å². The van der Waals surface area contributed by atoms with Crippen molar-refractivity contribution in [2.24, 2.45) is 12.8 Å². The van der Waals surface area contributed by atoms with E-state index in [4.69, 9.17) is 15.7 Å². The van der Waals surface area contributed by atoms with Gasteiger partial charge in [-0.05, 0) is 59.3 Å². The lowest BCUT2D eigenvalue weighted by atomic mass is 10.1. The number of nitrogens with zero attached hydrogens (tertiary/aromatic N) is 7. The van der Waals surface area contributed by atoms with E-state index in [2.05, 4.69) is 15.5 Å². The van der Waals surface area contributed by atoms with Gasteiger partial charge in [0, 0.05) is 34.8 Å². The van der Waals surface area contributed by atoms with Crippen molar-refractivity contribution in [1.82, 2.24) is 30.2 Å². The number of primary amides is 1. The highest BCUT2D eigenvalue weighted by Crippen LogP contribution is 2.39. The molecule has 4 aromatic carbocycles. The maximum absolute atomic E-state index is 11.8. The normalized spacial score (nSPS) is 11.0. The molecule has 0 aliphatic rings. The molecule has 0 aliphatic heterocycles.